The highest BCUT2D eigenvalue weighted by Crippen LogP contribution is 2.28. The molecular formula is C13H17ClN2O3. The third-order valence-corrected chi connectivity index (χ3v) is 2.74. The zero-order valence-corrected chi connectivity index (χ0v) is 11.7. The minimum atomic E-state index is 0.431. The molecule has 2 aromatic rings. The van der Waals surface area contributed by atoms with Gasteiger partial charge in [-0.2, -0.15) is 0 Å². The number of anilines is 1. The predicted molar refractivity (Wildman–Crippen MR) is 76.1 cm³/mol. The Morgan fingerprint density at radius 3 is 2.68 bits per heavy atom. The molecule has 0 fully saturated rings. The van der Waals surface area contributed by atoms with Crippen molar-refractivity contribution in [2.75, 3.05) is 19.5 Å². The zero-order valence-electron chi connectivity index (χ0n) is 10.9. The molecule has 1 heterocycles. The van der Waals surface area contributed by atoms with Crippen molar-refractivity contribution in [1.82, 2.24) is 4.57 Å². The van der Waals surface area contributed by atoms with Crippen LogP contribution in [-0.4, -0.2) is 24.8 Å². The van der Waals surface area contributed by atoms with Gasteiger partial charge in [-0.1, -0.05) is 11.6 Å². The molecule has 0 unspecified atom stereocenters. The fourth-order valence-corrected chi connectivity index (χ4v) is 1.85. The predicted octanol–water partition coefficient (Wildman–Crippen LogP) is 2.66. The Balaban J connectivity index is 0.000000312. The Bertz CT molecular complexity index is 540. The van der Waals surface area contributed by atoms with E-state index in [0.29, 0.717) is 30.5 Å². The number of hydrogen-bond donors (Lipinski definition) is 1. The summed E-state index contributed by atoms with van der Waals surface area (Å²) in [5, 5.41) is 1.67. The summed E-state index contributed by atoms with van der Waals surface area (Å²) in [4.78, 5) is 9.18. The van der Waals surface area contributed by atoms with Crippen LogP contribution in [0.25, 0.3) is 10.9 Å². The fourth-order valence-electron chi connectivity index (χ4n) is 1.63. The molecule has 0 aliphatic heterocycles. The van der Waals surface area contributed by atoms with Crippen molar-refractivity contribution in [1.29, 1.82) is 0 Å². The largest absolute Gasteiger partial charge is 0.468 e. The van der Waals surface area contributed by atoms with E-state index < -0.39 is 0 Å². The molecule has 0 spiro atoms. The van der Waals surface area contributed by atoms with Crippen molar-refractivity contribution in [2.24, 2.45) is 0 Å². The second-order valence-electron chi connectivity index (χ2n) is 3.65. The number of hydrogen-bond acceptors (Lipinski definition) is 4. The molecule has 104 valence electrons. The number of nitrogens with zero attached hydrogens (tertiary/aromatic N) is 1. The number of halogens is 1. The third kappa shape index (κ3) is 3.87. The Hall–Kier alpha value is -1.72. The summed E-state index contributed by atoms with van der Waals surface area (Å²) in [7, 11) is 1.65. The van der Waals surface area contributed by atoms with Gasteiger partial charge in [0.1, 0.15) is 6.73 Å². The van der Waals surface area contributed by atoms with E-state index in [-0.39, 0.29) is 0 Å². The molecule has 0 saturated heterocycles. The van der Waals surface area contributed by atoms with Gasteiger partial charge in [-0.05, 0) is 25.1 Å². The molecule has 0 saturated carbocycles. The van der Waals surface area contributed by atoms with Crippen LogP contribution in [0.5, 0.6) is 0 Å². The Morgan fingerprint density at radius 1 is 1.42 bits per heavy atom. The number of methoxy groups -OCH3 is 1. The zero-order chi connectivity index (χ0) is 14.3. The smallest absolute Gasteiger partial charge is 0.293 e. The van der Waals surface area contributed by atoms with Crippen LogP contribution in [0.4, 0.5) is 5.69 Å². The number of carbonyl (C=O) groups excluding carboxylic acids is 1. The maximum absolute atomic E-state index is 9.18. The second-order valence-corrected chi connectivity index (χ2v) is 4.06. The monoisotopic (exact) mass is 284 g/mol. The van der Waals surface area contributed by atoms with E-state index in [1.165, 1.54) is 0 Å². The highest BCUT2D eigenvalue weighted by Gasteiger charge is 2.07. The van der Waals surface area contributed by atoms with Crippen LogP contribution in [-0.2, 0) is 21.0 Å². The molecular weight excluding hydrogens is 268 g/mol. The molecule has 2 N–H and O–H groups in total. The van der Waals surface area contributed by atoms with E-state index in [2.05, 4.69) is 4.74 Å². The van der Waals surface area contributed by atoms with E-state index in [9.17, 15) is 4.79 Å². The Morgan fingerprint density at radius 2 is 2.16 bits per heavy atom. The number of benzene rings is 1. The van der Waals surface area contributed by atoms with Crippen molar-refractivity contribution in [2.45, 2.75) is 13.7 Å². The summed E-state index contributed by atoms with van der Waals surface area (Å²) in [5.41, 5.74) is 7.51. The SMILES string of the molecule is CCOC=O.COCn1ccc2c(Cl)ccc(N)c21. The summed E-state index contributed by atoms with van der Waals surface area (Å²) in [5.74, 6) is 0. The van der Waals surface area contributed by atoms with E-state index in [1.807, 2.05) is 16.8 Å². The molecule has 19 heavy (non-hydrogen) atoms. The molecule has 0 aliphatic rings. The van der Waals surface area contributed by atoms with Crippen LogP contribution >= 0.6 is 11.6 Å². The van der Waals surface area contributed by atoms with Crippen LogP contribution in [0.2, 0.25) is 5.02 Å². The van der Waals surface area contributed by atoms with Crippen molar-refractivity contribution < 1.29 is 14.3 Å². The quantitative estimate of drug-likeness (QED) is 0.692. The average Bonchev–Trinajstić information content (AvgIpc) is 2.82. The first-order chi connectivity index (χ1) is 9.15. The van der Waals surface area contributed by atoms with Crippen LogP contribution < -0.4 is 5.73 Å². The van der Waals surface area contributed by atoms with Gasteiger partial charge in [-0.15, -0.1) is 0 Å². The van der Waals surface area contributed by atoms with E-state index in [0.717, 1.165) is 10.9 Å². The van der Waals surface area contributed by atoms with Gasteiger partial charge in [0.05, 0.1) is 22.8 Å². The standard InChI is InChI=1S/C10H11ClN2O.C3H6O2/c1-14-6-13-5-4-7-8(11)2-3-9(12)10(7)13;1-2-5-3-4/h2-5H,6,12H2,1H3;3H,2H2,1H3. The lowest BCUT2D eigenvalue weighted by molar-refractivity contribution is -0.128. The van der Waals surface area contributed by atoms with Gasteiger partial charge in [0, 0.05) is 18.7 Å². The third-order valence-electron chi connectivity index (χ3n) is 2.41. The van der Waals surface area contributed by atoms with Crippen molar-refractivity contribution in [3.05, 3.63) is 29.4 Å². The maximum atomic E-state index is 9.18. The maximum Gasteiger partial charge on any atom is 0.293 e. The summed E-state index contributed by atoms with van der Waals surface area (Å²) in [6.45, 7) is 3.14. The number of fused-ring (bicyclic) bond motifs is 1. The van der Waals surface area contributed by atoms with Crippen LogP contribution in [0.1, 0.15) is 6.92 Å². The molecule has 5 nitrogen and oxygen atoms in total. The minimum absolute atomic E-state index is 0.431. The highest BCUT2D eigenvalue weighted by atomic mass is 35.5. The number of carbonyl (C=O) groups is 1. The van der Waals surface area contributed by atoms with Gasteiger partial charge in [0.15, 0.2) is 0 Å². The fraction of sp³-hybridized carbons (Fsp3) is 0.308. The summed E-state index contributed by atoms with van der Waals surface area (Å²) in [6, 6.07) is 5.54. The highest BCUT2D eigenvalue weighted by molar-refractivity contribution is 6.35. The Kier molecular flexibility index (Phi) is 6.18. The van der Waals surface area contributed by atoms with Gasteiger partial charge in [-0.3, -0.25) is 4.79 Å². The summed E-state index contributed by atoms with van der Waals surface area (Å²) >= 11 is 6.03. The molecule has 0 aliphatic carbocycles. The summed E-state index contributed by atoms with van der Waals surface area (Å²) in [6.07, 6.45) is 1.91. The van der Waals surface area contributed by atoms with Gasteiger partial charge in [-0.25, -0.2) is 0 Å². The first-order valence-electron chi connectivity index (χ1n) is 5.72. The first-order valence-corrected chi connectivity index (χ1v) is 6.10. The van der Waals surface area contributed by atoms with E-state index in [4.69, 9.17) is 22.1 Å². The second kappa shape index (κ2) is 7.66. The molecule has 2 rings (SSSR count). The molecule has 0 atom stereocenters. The Labute approximate surface area is 116 Å². The lowest BCUT2D eigenvalue weighted by Crippen LogP contribution is -1.99. The number of nitrogens with two attached hydrogens (primary N) is 1. The van der Waals surface area contributed by atoms with Gasteiger partial charge >= 0.3 is 0 Å². The van der Waals surface area contributed by atoms with Crippen molar-refractivity contribution in [3.63, 3.8) is 0 Å². The molecule has 0 amide bonds. The van der Waals surface area contributed by atoms with Crippen LogP contribution in [0.15, 0.2) is 24.4 Å². The van der Waals surface area contributed by atoms with Gasteiger partial charge in [0.2, 0.25) is 0 Å². The van der Waals surface area contributed by atoms with Crippen LogP contribution in [0, 0.1) is 0 Å². The van der Waals surface area contributed by atoms with Crippen LogP contribution in [0.3, 0.4) is 0 Å². The summed E-state index contributed by atoms with van der Waals surface area (Å²) < 4.78 is 11.1. The topological polar surface area (TPSA) is 66.5 Å². The number of ether oxygens (including phenoxy) is 2. The lowest BCUT2D eigenvalue weighted by atomic mass is 10.2. The van der Waals surface area contributed by atoms with E-state index in [1.54, 1.807) is 26.2 Å². The molecule has 0 radical (unpaired) electrons. The van der Waals surface area contributed by atoms with Crippen molar-refractivity contribution >= 4 is 34.7 Å². The minimum Gasteiger partial charge on any atom is -0.468 e. The van der Waals surface area contributed by atoms with E-state index >= 15 is 0 Å². The van der Waals surface area contributed by atoms with Crippen molar-refractivity contribution in [3.8, 4) is 0 Å². The normalized spacial score (nSPS) is 9.84. The van der Waals surface area contributed by atoms with Gasteiger partial charge in [0.25, 0.3) is 6.47 Å². The lowest BCUT2D eigenvalue weighted by Gasteiger charge is -2.06. The molecule has 1 aromatic carbocycles. The molecule has 0 bridgehead atoms. The first kappa shape index (κ1) is 15.3. The molecule has 1 aromatic heterocycles. The number of rotatable bonds is 4. The average molecular weight is 285 g/mol. The van der Waals surface area contributed by atoms with Gasteiger partial charge < -0.3 is 19.8 Å². The molecule has 6 heteroatoms. The number of aromatic nitrogens is 1. The number of nitrogen functional groups attached to an aromatic ring is 1.